The Bertz CT molecular complexity index is 275. The van der Waals surface area contributed by atoms with Crippen LogP contribution in [-0.4, -0.2) is 12.3 Å². The molecule has 0 spiro atoms. The second-order valence-electron chi connectivity index (χ2n) is 3.60. The molecule has 1 aromatic carbocycles. The minimum absolute atomic E-state index is 0.926. The molecule has 0 fully saturated rings. The molecule has 1 aromatic rings. The van der Waals surface area contributed by atoms with E-state index in [2.05, 4.69) is 49.2 Å². The zero-order valence-electron chi connectivity index (χ0n) is 9.16. The minimum Gasteiger partial charge on any atom is -0.294 e. The molecule has 1 heteroatoms. The second kappa shape index (κ2) is 6.36. The standard InChI is InChI=1S/C13H19N/c1-3-7-12(2)14-11-10-13-8-5-4-6-9-13/h4-6,8-9H,3,7,10-11H2,1-2H3. The summed E-state index contributed by atoms with van der Waals surface area (Å²) < 4.78 is 0. The Morgan fingerprint density at radius 2 is 1.93 bits per heavy atom. The third-order valence-corrected chi connectivity index (χ3v) is 2.24. The van der Waals surface area contributed by atoms with E-state index in [9.17, 15) is 0 Å². The SMILES string of the molecule is CCCC(C)=NCCc1ccccc1. The molecule has 0 amide bonds. The van der Waals surface area contributed by atoms with Gasteiger partial charge in [0, 0.05) is 12.3 Å². The molecule has 0 saturated carbocycles. The summed E-state index contributed by atoms with van der Waals surface area (Å²) in [6.45, 7) is 5.24. The van der Waals surface area contributed by atoms with Gasteiger partial charge in [0.15, 0.2) is 0 Å². The zero-order chi connectivity index (χ0) is 10.2. The summed E-state index contributed by atoms with van der Waals surface area (Å²) in [5.74, 6) is 0. The quantitative estimate of drug-likeness (QED) is 0.629. The first kappa shape index (κ1) is 11.0. The van der Waals surface area contributed by atoms with Crippen molar-refractivity contribution in [2.24, 2.45) is 4.99 Å². The molecule has 0 unspecified atom stereocenters. The number of aliphatic imine (C=N–C) groups is 1. The van der Waals surface area contributed by atoms with Crippen molar-refractivity contribution in [1.82, 2.24) is 0 Å². The summed E-state index contributed by atoms with van der Waals surface area (Å²) in [7, 11) is 0. The van der Waals surface area contributed by atoms with Gasteiger partial charge >= 0.3 is 0 Å². The van der Waals surface area contributed by atoms with Crippen LogP contribution in [0.25, 0.3) is 0 Å². The Hall–Kier alpha value is -1.11. The van der Waals surface area contributed by atoms with E-state index in [1.807, 2.05) is 0 Å². The van der Waals surface area contributed by atoms with Crippen LogP contribution in [0.1, 0.15) is 32.3 Å². The highest BCUT2D eigenvalue weighted by atomic mass is 14.7. The molecule has 0 aliphatic heterocycles. The Balaban J connectivity index is 2.31. The van der Waals surface area contributed by atoms with E-state index in [0.717, 1.165) is 19.4 Å². The Labute approximate surface area is 86.9 Å². The molecule has 0 atom stereocenters. The van der Waals surface area contributed by atoms with Crippen molar-refractivity contribution in [3.63, 3.8) is 0 Å². The predicted octanol–water partition coefficient (Wildman–Crippen LogP) is 3.49. The van der Waals surface area contributed by atoms with Gasteiger partial charge in [0.2, 0.25) is 0 Å². The lowest BCUT2D eigenvalue weighted by atomic mass is 10.1. The normalized spacial score (nSPS) is 11.7. The fourth-order valence-corrected chi connectivity index (χ4v) is 1.46. The van der Waals surface area contributed by atoms with Crippen molar-refractivity contribution in [2.75, 3.05) is 6.54 Å². The first-order chi connectivity index (χ1) is 6.83. The molecule has 0 bridgehead atoms. The summed E-state index contributed by atoms with van der Waals surface area (Å²) in [5, 5.41) is 0. The fourth-order valence-electron chi connectivity index (χ4n) is 1.46. The monoisotopic (exact) mass is 189 g/mol. The van der Waals surface area contributed by atoms with Gasteiger partial charge in [-0.1, -0.05) is 43.7 Å². The highest BCUT2D eigenvalue weighted by Gasteiger charge is 1.91. The Morgan fingerprint density at radius 3 is 2.57 bits per heavy atom. The van der Waals surface area contributed by atoms with Crippen molar-refractivity contribution in [3.05, 3.63) is 35.9 Å². The molecule has 14 heavy (non-hydrogen) atoms. The molecule has 0 heterocycles. The van der Waals surface area contributed by atoms with Crippen LogP contribution in [0.5, 0.6) is 0 Å². The topological polar surface area (TPSA) is 12.4 Å². The van der Waals surface area contributed by atoms with Crippen molar-refractivity contribution < 1.29 is 0 Å². The molecular formula is C13H19N. The molecule has 76 valence electrons. The van der Waals surface area contributed by atoms with Crippen LogP contribution in [0.2, 0.25) is 0 Å². The van der Waals surface area contributed by atoms with E-state index >= 15 is 0 Å². The van der Waals surface area contributed by atoms with Crippen molar-refractivity contribution >= 4 is 5.71 Å². The maximum atomic E-state index is 4.53. The maximum Gasteiger partial charge on any atom is 0.0428 e. The number of nitrogens with zero attached hydrogens (tertiary/aromatic N) is 1. The van der Waals surface area contributed by atoms with Gasteiger partial charge in [-0.15, -0.1) is 0 Å². The first-order valence-corrected chi connectivity index (χ1v) is 5.36. The van der Waals surface area contributed by atoms with Gasteiger partial charge in [0.1, 0.15) is 0 Å². The smallest absolute Gasteiger partial charge is 0.0428 e. The van der Waals surface area contributed by atoms with Gasteiger partial charge in [0.05, 0.1) is 0 Å². The highest BCUT2D eigenvalue weighted by Crippen LogP contribution is 2.00. The van der Waals surface area contributed by atoms with Crippen LogP contribution in [-0.2, 0) is 6.42 Å². The molecule has 0 aliphatic rings. The molecule has 0 aliphatic carbocycles. The van der Waals surface area contributed by atoms with E-state index < -0.39 is 0 Å². The lowest BCUT2D eigenvalue weighted by Crippen LogP contribution is -1.95. The summed E-state index contributed by atoms with van der Waals surface area (Å²) in [6.07, 6.45) is 3.39. The average molecular weight is 189 g/mol. The lowest BCUT2D eigenvalue weighted by molar-refractivity contribution is 0.931. The van der Waals surface area contributed by atoms with E-state index in [1.165, 1.54) is 17.7 Å². The fraction of sp³-hybridized carbons (Fsp3) is 0.462. The summed E-state index contributed by atoms with van der Waals surface area (Å²) in [4.78, 5) is 4.53. The highest BCUT2D eigenvalue weighted by molar-refractivity contribution is 5.81. The third kappa shape index (κ3) is 4.22. The third-order valence-electron chi connectivity index (χ3n) is 2.24. The van der Waals surface area contributed by atoms with Crippen LogP contribution < -0.4 is 0 Å². The number of rotatable bonds is 5. The molecule has 1 nitrogen and oxygen atoms in total. The van der Waals surface area contributed by atoms with Gasteiger partial charge in [0.25, 0.3) is 0 Å². The van der Waals surface area contributed by atoms with Gasteiger partial charge in [-0.25, -0.2) is 0 Å². The lowest BCUT2D eigenvalue weighted by Gasteiger charge is -1.99. The largest absolute Gasteiger partial charge is 0.294 e. The summed E-state index contributed by atoms with van der Waals surface area (Å²) >= 11 is 0. The van der Waals surface area contributed by atoms with Crippen molar-refractivity contribution in [1.29, 1.82) is 0 Å². The molecular weight excluding hydrogens is 170 g/mol. The van der Waals surface area contributed by atoms with Crippen LogP contribution >= 0.6 is 0 Å². The second-order valence-corrected chi connectivity index (χ2v) is 3.60. The first-order valence-electron chi connectivity index (χ1n) is 5.36. The van der Waals surface area contributed by atoms with Crippen LogP contribution in [0.15, 0.2) is 35.3 Å². The molecule has 0 aromatic heterocycles. The number of hydrogen-bond acceptors (Lipinski definition) is 1. The van der Waals surface area contributed by atoms with Gasteiger partial charge < -0.3 is 0 Å². The summed E-state index contributed by atoms with van der Waals surface area (Å²) in [6, 6.07) is 10.5. The van der Waals surface area contributed by atoms with E-state index in [1.54, 1.807) is 0 Å². The molecule has 0 saturated heterocycles. The van der Waals surface area contributed by atoms with E-state index in [-0.39, 0.29) is 0 Å². The van der Waals surface area contributed by atoms with Gasteiger partial charge in [-0.3, -0.25) is 4.99 Å². The van der Waals surface area contributed by atoms with Crippen molar-refractivity contribution in [3.8, 4) is 0 Å². The molecule has 0 radical (unpaired) electrons. The average Bonchev–Trinajstić information content (AvgIpc) is 2.20. The van der Waals surface area contributed by atoms with Crippen LogP contribution in [0.4, 0.5) is 0 Å². The molecule has 1 rings (SSSR count). The zero-order valence-corrected chi connectivity index (χ0v) is 9.16. The number of benzene rings is 1. The maximum absolute atomic E-state index is 4.53. The molecule has 0 N–H and O–H groups in total. The number of hydrogen-bond donors (Lipinski definition) is 0. The van der Waals surface area contributed by atoms with Gasteiger partial charge in [-0.2, -0.15) is 0 Å². The van der Waals surface area contributed by atoms with E-state index in [0.29, 0.717) is 0 Å². The van der Waals surface area contributed by atoms with Crippen LogP contribution in [0.3, 0.4) is 0 Å². The Kier molecular flexibility index (Phi) is 4.98. The van der Waals surface area contributed by atoms with Crippen molar-refractivity contribution in [2.45, 2.75) is 33.1 Å². The van der Waals surface area contributed by atoms with E-state index in [4.69, 9.17) is 0 Å². The summed E-state index contributed by atoms with van der Waals surface area (Å²) in [5.41, 5.74) is 2.66. The minimum atomic E-state index is 0.926. The van der Waals surface area contributed by atoms with Crippen LogP contribution in [0, 0.1) is 0 Å². The Morgan fingerprint density at radius 1 is 1.21 bits per heavy atom. The van der Waals surface area contributed by atoms with Gasteiger partial charge in [-0.05, 0) is 25.3 Å². The predicted molar refractivity (Wildman–Crippen MR) is 63.0 cm³/mol.